The van der Waals surface area contributed by atoms with E-state index in [2.05, 4.69) is 5.32 Å². The fourth-order valence-electron chi connectivity index (χ4n) is 4.32. The first-order chi connectivity index (χ1) is 18.0. The molecule has 2 amide bonds. The molecular formula is C28H27N3O5S. The number of nitrogens with one attached hydrogen (secondary N) is 1. The van der Waals surface area contributed by atoms with Crippen LogP contribution in [-0.2, 0) is 16.1 Å². The van der Waals surface area contributed by atoms with Crippen LogP contribution in [0.25, 0.3) is 0 Å². The summed E-state index contributed by atoms with van der Waals surface area (Å²) in [5, 5.41) is 3.56. The number of ether oxygens (including phenoxy) is 3. The number of carbonyl (C=O) groups excluding carboxylic acids is 2. The van der Waals surface area contributed by atoms with Gasteiger partial charge in [-0.2, -0.15) is 0 Å². The number of nitrogens with zero attached hydrogens (tertiary/aromatic N) is 2. The van der Waals surface area contributed by atoms with Gasteiger partial charge in [0.25, 0.3) is 5.91 Å². The molecule has 190 valence electrons. The number of fused-ring (bicyclic) bond motifs is 1. The first-order valence-corrected chi connectivity index (χ1v) is 12.5. The van der Waals surface area contributed by atoms with Crippen LogP contribution in [0.5, 0.6) is 17.2 Å². The molecule has 2 aliphatic rings. The predicted octanol–water partition coefficient (Wildman–Crippen LogP) is 4.74. The molecule has 1 saturated heterocycles. The number of thiocarbonyl (C=S) groups is 1. The monoisotopic (exact) mass is 517 g/mol. The molecule has 3 aromatic carbocycles. The Kier molecular flexibility index (Phi) is 7.23. The molecule has 0 bridgehead atoms. The van der Waals surface area contributed by atoms with E-state index in [1.807, 2.05) is 55.5 Å². The van der Waals surface area contributed by atoms with E-state index < -0.39 is 6.04 Å². The van der Waals surface area contributed by atoms with E-state index in [9.17, 15) is 9.59 Å². The second kappa shape index (κ2) is 10.9. The van der Waals surface area contributed by atoms with E-state index in [0.717, 1.165) is 17.7 Å². The third kappa shape index (κ3) is 5.36. The zero-order chi connectivity index (χ0) is 25.8. The number of anilines is 2. The highest BCUT2D eigenvalue weighted by molar-refractivity contribution is 7.80. The van der Waals surface area contributed by atoms with Crippen molar-refractivity contribution in [3.8, 4) is 17.2 Å². The normalized spacial score (nSPS) is 16.1. The summed E-state index contributed by atoms with van der Waals surface area (Å²) in [5.41, 5.74) is 2.17. The van der Waals surface area contributed by atoms with Crippen molar-refractivity contribution in [3.05, 3.63) is 78.4 Å². The van der Waals surface area contributed by atoms with Gasteiger partial charge in [-0.15, -0.1) is 0 Å². The Bertz CT molecular complexity index is 1300. The number of imide groups is 1. The van der Waals surface area contributed by atoms with Gasteiger partial charge in [-0.3, -0.25) is 9.59 Å². The zero-order valence-corrected chi connectivity index (χ0v) is 21.2. The Morgan fingerprint density at radius 1 is 1.05 bits per heavy atom. The molecule has 1 N–H and O–H groups in total. The minimum absolute atomic E-state index is 0.00802. The summed E-state index contributed by atoms with van der Waals surface area (Å²) in [5.74, 6) is 1.39. The maximum absolute atomic E-state index is 13.6. The van der Waals surface area contributed by atoms with Gasteiger partial charge in [-0.1, -0.05) is 31.2 Å². The maximum atomic E-state index is 13.6. The third-order valence-electron chi connectivity index (χ3n) is 6.14. The summed E-state index contributed by atoms with van der Waals surface area (Å²) >= 11 is 5.76. The lowest BCUT2D eigenvalue weighted by Crippen LogP contribution is -2.46. The van der Waals surface area contributed by atoms with E-state index in [4.69, 9.17) is 26.4 Å². The molecule has 1 atom stereocenters. The van der Waals surface area contributed by atoms with Crippen LogP contribution >= 0.6 is 12.2 Å². The molecule has 3 aromatic rings. The Hall–Kier alpha value is -4.11. The van der Waals surface area contributed by atoms with Gasteiger partial charge in [-0.05, 0) is 72.7 Å². The summed E-state index contributed by atoms with van der Waals surface area (Å²) in [6, 6.07) is 21.3. The lowest BCUT2D eigenvalue weighted by atomic mass is 10.1. The highest BCUT2D eigenvalue weighted by Crippen LogP contribution is 2.34. The topological polar surface area (TPSA) is 80.3 Å². The summed E-state index contributed by atoms with van der Waals surface area (Å²) in [6.07, 6.45) is 0.900. The third-order valence-corrected chi connectivity index (χ3v) is 6.48. The van der Waals surface area contributed by atoms with Gasteiger partial charge in [0.15, 0.2) is 16.6 Å². The zero-order valence-electron chi connectivity index (χ0n) is 20.4. The Morgan fingerprint density at radius 2 is 1.81 bits per heavy atom. The van der Waals surface area contributed by atoms with Gasteiger partial charge < -0.3 is 24.4 Å². The molecule has 0 aromatic heterocycles. The Morgan fingerprint density at radius 3 is 2.57 bits per heavy atom. The number of hydrogen-bond acceptors (Lipinski definition) is 6. The average molecular weight is 518 g/mol. The van der Waals surface area contributed by atoms with Crippen LogP contribution in [0.3, 0.4) is 0 Å². The van der Waals surface area contributed by atoms with Crippen LogP contribution in [0.15, 0.2) is 72.8 Å². The minimum atomic E-state index is -0.766. The van der Waals surface area contributed by atoms with Crippen molar-refractivity contribution >= 4 is 40.5 Å². The molecule has 2 heterocycles. The molecular weight excluding hydrogens is 490 g/mol. The summed E-state index contributed by atoms with van der Waals surface area (Å²) in [6.45, 7) is 3.10. The summed E-state index contributed by atoms with van der Waals surface area (Å²) < 4.78 is 16.6. The van der Waals surface area contributed by atoms with Crippen LogP contribution in [0.1, 0.15) is 25.3 Å². The molecule has 0 spiro atoms. The molecule has 0 saturated carbocycles. The number of benzene rings is 3. The number of hydrogen-bond donors (Lipinski definition) is 1. The number of para-hydroxylation sites is 1. The van der Waals surface area contributed by atoms with E-state index in [1.165, 1.54) is 4.90 Å². The van der Waals surface area contributed by atoms with Crippen LogP contribution in [0, 0.1) is 0 Å². The van der Waals surface area contributed by atoms with Gasteiger partial charge in [-0.25, -0.2) is 4.90 Å². The van der Waals surface area contributed by atoms with Crippen LogP contribution in [0.2, 0.25) is 0 Å². The minimum Gasteiger partial charge on any atom is -0.494 e. The lowest BCUT2D eigenvalue weighted by Gasteiger charge is -2.30. The first kappa shape index (κ1) is 24.6. The molecule has 1 unspecified atom stereocenters. The van der Waals surface area contributed by atoms with Gasteiger partial charge in [0.05, 0.1) is 18.7 Å². The summed E-state index contributed by atoms with van der Waals surface area (Å²) in [7, 11) is 0. The van der Waals surface area contributed by atoms with Gasteiger partial charge in [0, 0.05) is 12.2 Å². The van der Waals surface area contributed by atoms with Crippen molar-refractivity contribution < 1.29 is 23.8 Å². The summed E-state index contributed by atoms with van der Waals surface area (Å²) in [4.78, 5) is 29.7. The molecule has 0 radical (unpaired) electrons. The smallest absolute Gasteiger partial charge is 0.257 e. The number of amides is 2. The molecule has 37 heavy (non-hydrogen) atoms. The number of rotatable bonds is 8. The Labute approximate surface area is 220 Å². The van der Waals surface area contributed by atoms with Gasteiger partial charge in [0.1, 0.15) is 11.8 Å². The van der Waals surface area contributed by atoms with Crippen molar-refractivity contribution in [3.63, 3.8) is 0 Å². The van der Waals surface area contributed by atoms with Crippen molar-refractivity contribution in [1.82, 2.24) is 4.90 Å². The van der Waals surface area contributed by atoms with E-state index in [0.29, 0.717) is 41.2 Å². The van der Waals surface area contributed by atoms with Crippen molar-refractivity contribution in [2.75, 3.05) is 23.6 Å². The highest BCUT2D eigenvalue weighted by atomic mass is 32.1. The fourth-order valence-corrected chi connectivity index (χ4v) is 4.63. The first-order valence-electron chi connectivity index (χ1n) is 12.1. The predicted molar refractivity (Wildman–Crippen MR) is 144 cm³/mol. The van der Waals surface area contributed by atoms with Crippen molar-refractivity contribution in [1.29, 1.82) is 0 Å². The standard InChI is InChI=1S/C28H27N3O5S/c1-2-14-34-22-11-9-21(10-12-22)31-26(32)16-23(27(31)33)30(28(37)29-20-6-4-3-5-7-20)17-19-8-13-24-25(15-19)36-18-35-24/h3-13,15,23H,2,14,16-18H2,1H3,(H,29,37). The van der Waals surface area contributed by atoms with Gasteiger partial charge in [0.2, 0.25) is 12.7 Å². The average Bonchev–Trinajstić information content (AvgIpc) is 3.50. The second-order valence-electron chi connectivity index (χ2n) is 8.74. The van der Waals surface area contributed by atoms with Crippen molar-refractivity contribution in [2.24, 2.45) is 0 Å². The lowest BCUT2D eigenvalue weighted by molar-refractivity contribution is -0.122. The maximum Gasteiger partial charge on any atom is 0.257 e. The number of carbonyl (C=O) groups is 2. The molecule has 0 aliphatic carbocycles. The van der Waals surface area contributed by atoms with Crippen LogP contribution < -0.4 is 24.4 Å². The largest absolute Gasteiger partial charge is 0.494 e. The molecule has 8 nitrogen and oxygen atoms in total. The fraction of sp³-hybridized carbons (Fsp3) is 0.250. The Balaban J connectivity index is 1.40. The highest BCUT2D eigenvalue weighted by Gasteiger charge is 2.43. The quantitative estimate of drug-likeness (QED) is 0.339. The van der Waals surface area contributed by atoms with Crippen molar-refractivity contribution in [2.45, 2.75) is 32.4 Å². The van der Waals surface area contributed by atoms with E-state index in [-0.39, 0.29) is 25.0 Å². The molecule has 2 aliphatic heterocycles. The van der Waals surface area contributed by atoms with Crippen LogP contribution in [0.4, 0.5) is 11.4 Å². The molecule has 1 fully saturated rings. The molecule has 9 heteroatoms. The SMILES string of the molecule is CCCOc1ccc(N2C(=O)CC(N(Cc3ccc4c(c3)OCO4)C(=S)Nc3ccccc3)C2=O)cc1. The van der Waals surface area contributed by atoms with E-state index in [1.54, 1.807) is 29.2 Å². The van der Waals surface area contributed by atoms with Crippen LogP contribution in [-0.4, -0.2) is 41.3 Å². The second-order valence-corrected chi connectivity index (χ2v) is 9.13. The van der Waals surface area contributed by atoms with E-state index >= 15 is 0 Å². The molecule has 5 rings (SSSR count). The van der Waals surface area contributed by atoms with Gasteiger partial charge >= 0.3 is 0 Å².